The lowest BCUT2D eigenvalue weighted by Gasteiger charge is -2.14. The van der Waals surface area contributed by atoms with Crippen LogP contribution in [0.2, 0.25) is 0 Å². The van der Waals surface area contributed by atoms with Gasteiger partial charge in [0.05, 0.1) is 0 Å². The Morgan fingerprint density at radius 2 is 1.90 bits per heavy atom. The topological polar surface area (TPSA) is 71.1 Å². The van der Waals surface area contributed by atoms with E-state index in [-0.39, 0.29) is 23.5 Å². The van der Waals surface area contributed by atoms with Crippen molar-refractivity contribution in [2.75, 3.05) is 5.32 Å². The van der Waals surface area contributed by atoms with Gasteiger partial charge in [-0.1, -0.05) is 25.6 Å². The molecule has 2 aromatic carbocycles. The maximum atomic E-state index is 12.9. The normalized spacial score (nSPS) is 11.7. The molecule has 1 heterocycles. The number of pyridine rings is 1. The number of nitrogens with one attached hydrogen (secondary N) is 2. The van der Waals surface area contributed by atoms with Crippen LogP contribution in [0, 0.1) is 11.7 Å². The summed E-state index contributed by atoms with van der Waals surface area (Å²) in [6, 6.07) is 12.9. The fraction of sp³-hybridized carbons (Fsp3) is 0.174. The number of aromatic nitrogens is 1. The lowest BCUT2D eigenvalue weighted by molar-refractivity contribution is -0.119. The summed E-state index contributed by atoms with van der Waals surface area (Å²) in [6.45, 7) is 5.70. The van der Waals surface area contributed by atoms with Crippen LogP contribution in [0.5, 0.6) is 0 Å². The van der Waals surface area contributed by atoms with Gasteiger partial charge in [0.25, 0.3) is 5.91 Å². The highest BCUT2D eigenvalue weighted by atomic mass is 19.1. The smallest absolute Gasteiger partial charge is 0.256 e. The third-order valence-electron chi connectivity index (χ3n) is 4.65. The molecule has 5 nitrogen and oxygen atoms in total. The highest BCUT2D eigenvalue weighted by Gasteiger charge is 2.15. The van der Waals surface area contributed by atoms with E-state index >= 15 is 0 Å². The van der Waals surface area contributed by atoms with E-state index in [0.29, 0.717) is 29.8 Å². The Labute approximate surface area is 168 Å². The van der Waals surface area contributed by atoms with Gasteiger partial charge < -0.3 is 10.6 Å². The summed E-state index contributed by atoms with van der Waals surface area (Å²) >= 11 is 0. The minimum atomic E-state index is -0.356. The number of carbonyl (C=O) groups excluding carboxylic acids is 2. The van der Waals surface area contributed by atoms with Crippen LogP contribution in [-0.4, -0.2) is 16.8 Å². The van der Waals surface area contributed by atoms with Gasteiger partial charge in [-0.3, -0.25) is 14.6 Å². The highest BCUT2D eigenvalue weighted by molar-refractivity contribution is 6.07. The molecule has 148 valence electrons. The van der Waals surface area contributed by atoms with Crippen molar-refractivity contribution in [1.29, 1.82) is 0 Å². The van der Waals surface area contributed by atoms with Crippen molar-refractivity contribution in [3.05, 3.63) is 84.6 Å². The molecule has 0 aliphatic heterocycles. The molecule has 2 amide bonds. The lowest BCUT2D eigenvalue weighted by atomic mass is 10.0. The van der Waals surface area contributed by atoms with Gasteiger partial charge in [0.2, 0.25) is 5.91 Å². The van der Waals surface area contributed by atoms with Crippen LogP contribution >= 0.6 is 0 Å². The van der Waals surface area contributed by atoms with Gasteiger partial charge in [-0.2, -0.15) is 0 Å². The van der Waals surface area contributed by atoms with E-state index in [1.165, 1.54) is 24.3 Å². The maximum Gasteiger partial charge on any atom is 0.256 e. The van der Waals surface area contributed by atoms with E-state index in [1.54, 1.807) is 31.5 Å². The molecule has 0 saturated carbocycles. The van der Waals surface area contributed by atoms with Crippen LogP contribution in [0.25, 0.3) is 10.8 Å². The summed E-state index contributed by atoms with van der Waals surface area (Å²) in [5.74, 6) is -1.06. The monoisotopic (exact) mass is 391 g/mol. The Morgan fingerprint density at radius 1 is 1.14 bits per heavy atom. The summed E-state index contributed by atoms with van der Waals surface area (Å²) < 4.78 is 12.9. The van der Waals surface area contributed by atoms with Crippen LogP contribution in [0.1, 0.15) is 30.1 Å². The number of nitrogens with zero attached hydrogens (tertiary/aromatic N) is 1. The van der Waals surface area contributed by atoms with E-state index in [0.717, 1.165) is 10.8 Å². The molecule has 0 saturated heterocycles. The second kappa shape index (κ2) is 9.10. The first kappa shape index (κ1) is 20.2. The van der Waals surface area contributed by atoms with Crippen LogP contribution in [0.15, 0.2) is 73.2 Å². The molecule has 0 aliphatic rings. The lowest BCUT2D eigenvalue weighted by Crippen LogP contribution is -2.24. The molecule has 2 N–H and O–H groups in total. The zero-order valence-corrected chi connectivity index (χ0v) is 16.1. The molecule has 1 unspecified atom stereocenters. The van der Waals surface area contributed by atoms with Crippen LogP contribution in [-0.2, 0) is 4.79 Å². The van der Waals surface area contributed by atoms with Gasteiger partial charge in [-0.15, -0.1) is 0 Å². The highest BCUT2D eigenvalue weighted by Crippen LogP contribution is 2.19. The predicted molar refractivity (Wildman–Crippen MR) is 112 cm³/mol. The molecule has 6 heteroatoms. The SMILES string of the molecule is C=C(CCC(C)C(=O)Nc1ccc(F)cc1)NC(=O)c1cccc2cnccc12. The summed E-state index contributed by atoms with van der Waals surface area (Å²) in [5.41, 5.74) is 1.64. The summed E-state index contributed by atoms with van der Waals surface area (Å²) in [7, 11) is 0. The van der Waals surface area contributed by atoms with Crippen molar-refractivity contribution in [3.63, 3.8) is 0 Å². The van der Waals surface area contributed by atoms with Crippen molar-refractivity contribution < 1.29 is 14.0 Å². The van der Waals surface area contributed by atoms with E-state index in [9.17, 15) is 14.0 Å². The molecule has 0 bridgehead atoms. The molecule has 0 radical (unpaired) electrons. The van der Waals surface area contributed by atoms with Gasteiger partial charge in [-0.05, 0) is 54.6 Å². The van der Waals surface area contributed by atoms with Gasteiger partial charge in [0, 0.05) is 40.6 Å². The van der Waals surface area contributed by atoms with E-state index < -0.39 is 0 Å². The first-order valence-corrected chi connectivity index (χ1v) is 9.32. The Kier molecular flexibility index (Phi) is 6.34. The van der Waals surface area contributed by atoms with E-state index in [1.807, 2.05) is 12.1 Å². The second-order valence-corrected chi connectivity index (χ2v) is 6.90. The van der Waals surface area contributed by atoms with Gasteiger partial charge in [0.15, 0.2) is 0 Å². The number of anilines is 1. The Hall–Kier alpha value is -3.54. The van der Waals surface area contributed by atoms with Gasteiger partial charge >= 0.3 is 0 Å². The largest absolute Gasteiger partial charge is 0.326 e. The molecule has 0 aliphatic carbocycles. The van der Waals surface area contributed by atoms with Gasteiger partial charge in [0.1, 0.15) is 5.82 Å². The number of amides is 2. The quantitative estimate of drug-likeness (QED) is 0.615. The number of carbonyl (C=O) groups is 2. The average molecular weight is 391 g/mol. The zero-order valence-electron chi connectivity index (χ0n) is 16.1. The van der Waals surface area contributed by atoms with Gasteiger partial charge in [-0.25, -0.2) is 4.39 Å². The van der Waals surface area contributed by atoms with E-state index in [4.69, 9.17) is 0 Å². The standard InChI is InChI=1S/C23H22FN3O2/c1-15(22(28)27-19-10-8-18(24)9-11-19)6-7-16(2)26-23(29)21-5-3-4-17-14-25-13-12-20(17)21/h3-5,8-15H,2,6-7H2,1H3,(H,26,29)(H,27,28). The predicted octanol–water partition coefficient (Wildman–Crippen LogP) is 4.67. The molecule has 1 aromatic heterocycles. The van der Waals surface area contributed by atoms with Crippen LogP contribution in [0.3, 0.4) is 0 Å². The Morgan fingerprint density at radius 3 is 2.66 bits per heavy atom. The summed E-state index contributed by atoms with van der Waals surface area (Å²) in [6.07, 6.45) is 4.35. The third kappa shape index (κ3) is 5.25. The molecule has 1 atom stereocenters. The molecule has 29 heavy (non-hydrogen) atoms. The Balaban J connectivity index is 1.53. The van der Waals surface area contributed by atoms with Crippen molar-refractivity contribution in [2.45, 2.75) is 19.8 Å². The molecule has 3 rings (SSSR count). The number of fused-ring (bicyclic) bond motifs is 1. The van der Waals surface area contributed by atoms with Crippen molar-refractivity contribution in [2.24, 2.45) is 5.92 Å². The number of benzene rings is 2. The summed E-state index contributed by atoms with van der Waals surface area (Å²) in [4.78, 5) is 29.0. The first-order chi connectivity index (χ1) is 13.9. The number of allylic oxidation sites excluding steroid dienone is 1. The summed E-state index contributed by atoms with van der Waals surface area (Å²) in [5, 5.41) is 7.27. The first-order valence-electron chi connectivity index (χ1n) is 9.32. The number of halogens is 1. The molecular weight excluding hydrogens is 369 g/mol. The fourth-order valence-corrected chi connectivity index (χ4v) is 2.93. The van der Waals surface area contributed by atoms with E-state index in [2.05, 4.69) is 22.2 Å². The van der Waals surface area contributed by atoms with Crippen molar-refractivity contribution >= 4 is 28.3 Å². The molecule has 0 fully saturated rings. The molecular formula is C23H22FN3O2. The third-order valence-corrected chi connectivity index (χ3v) is 4.65. The number of rotatable bonds is 7. The maximum absolute atomic E-state index is 12.9. The number of hydrogen-bond donors (Lipinski definition) is 2. The minimum absolute atomic E-state index is 0.169. The zero-order chi connectivity index (χ0) is 20.8. The number of hydrogen-bond acceptors (Lipinski definition) is 3. The fourth-order valence-electron chi connectivity index (χ4n) is 2.93. The molecule has 3 aromatic rings. The minimum Gasteiger partial charge on any atom is -0.326 e. The molecule has 0 spiro atoms. The Bertz CT molecular complexity index is 1040. The van der Waals surface area contributed by atoms with Crippen LogP contribution < -0.4 is 10.6 Å². The van der Waals surface area contributed by atoms with Crippen LogP contribution in [0.4, 0.5) is 10.1 Å². The second-order valence-electron chi connectivity index (χ2n) is 6.90. The average Bonchev–Trinajstić information content (AvgIpc) is 2.73. The van der Waals surface area contributed by atoms with Crippen molar-refractivity contribution in [1.82, 2.24) is 10.3 Å². The van der Waals surface area contributed by atoms with Crippen molar-refractivity contribution in [3.8, 4) is 0 Å².